The van der Waals surface area contributed by atoms with Crippen LogP contribution in [0.3, 0.4) is 0 Å². The minimum Gasteiger partial charge on any atom is -0.497 e. The largest absolute Gasteiger partial charge is 0.497 e. The molecule has 0 N–H and O–H groups in total. The molecule has 2 aromatic carbocycles. The lowest BCUT2D eigenvalue weighted by Gasteiger charge is -2.19. The van der Waals surface area contributed by atoms with Gasteiger partial charge in [-0.3, -0.25) is 9.59 Å². The van der Waals surface area contributed by atoms with Gasteiger partial charge in [-0.05, 0) is 42.2 Å². The number of aromatic nitrogens is 1. The zero-order valence-electron chi connectivity index (χ0n) is 22.0. The fraction of sp³-hybridized carbons (Fsp3) is 0.367. The first-order valence-electron chi connectivity index (χ1n) is 12.4. The summed E-state index contributed by atoms with van der Waals surface area (Å²) in [5.41, 5.74) is 3.50. The van der Waals surface area contributed by atoms with Crippen molar-refractivity contribution in [1.82, 2.24) is 4.98 Å². The summed E-state index contributed by atoms with van der Waals surface area (Å²) in [6, 6.07) is 11.2. The molecule has 0 aliphatic heterocycles. The Morgan fingerprint density at radius 2 is 1.82 bits per heavy atom. The van der Waals surface area contributed by atoms with E-state index in [4.69, 9.17) is 23.4 Å². The highest BCUT2D eigenvalue weighted by atomic mass is 16.7. The zero-order chi connectivity index (χ0) is 27.1. The lowest BCUT2D eigenvalue weighted by molar-refractivity contribution is -0.124. The molecule has 0 spiro atoms. The molecule has 198 valence electrons. The average Bonchev–Trinajstić information content (AvgIpc) is 3.62. The van der Waals surface area contributed by atoms with Crippen molar-refractivity contribution in [2.75, 3.05) is 21.3 Å². The molecule has 0 bridgehead atoms. The molecule has 1 aliphatic rings. The summed E-state index contributed by atoms with van der Waals surface area (Å²) in [5, 5.41) is 0. The van der Waals surface area contributed by atoms with Gasteiger partial charge in [0.2, 0.25) is 5.78 Å². The van der Waals surface area contributed by atoms with Crippen molar-refractivity contribution in [1.29, 1.82) is 0 Å². The Morgan fingerprint density at radius 3 is 2.47 bits per heavy atom. The summed E-state index contributed by atoms with van der Waals surface area (Å²) >= 11 is 0. The van der Waals surface area contributed by atoms with Crippen LogP contribution in [-0.4, -0.2) is 50.3 Å². The Kier molecular flexibility index (Phi) is 9.08. The van der Waals surface area contributed by atoms with Gasteiger partial charge in [-0.15, -0.1) is 0 Å². The van der Waals surface area contributed by atoms with E-state index in [1.807, 2.05) is 37.3 Å². The van der Waals surface area contributed by atoms with Crippen LogP contribution in [-0.2, 0) is 27.2 Å². The van der Waals surface area contributed by atoms with Crippen molar-refractivity contribution >= 4 is 11.6 Å². The van der Waals surface area contributed by atoms with Crippen LogP contribution in [0, 0.1) is 11.8 Å². The Hall–Kier alpha value is -3.77. The van der Waals surface area contributed by atoms with Gasteiger partial charge in [-0.2, -0.15) is 0 Å². The second-order valence-electron chi connectivity index (χ2n) is 8.97. The maximum atomic E-state index is 13.4. The number of carbonyl (C=O) groups excluding carboxylic acids is 2. The fourth-order valence-electron chi connectivity index (χ4n) is 4.49. The Morgan fingerprint density at radius 1 is 1.05 bits per heavy atom. The SMILES string of the molecule is COc1ccc(COC(C#CC(C)c2ccc3c(c2C(=O)c2cnco2)CCC3=O)CC(OC)OC)cc1. The maximum Gasteiger partial charge on any atom is 0.230 e. The van der Waals surface area contributed by atoms with E-state index >= 15 is 0 Å². The van der Waals surface area contributed by atoms with Crippen molar-refractivity contribution in [3.8, 4) is 17.6 Å². The summed E-state index contributed by atoms with van der Waals surface area (Å²) in [7, 11) is 4.76. The molecule has 0 saturated heterocycles. The third kappa shape index (κ3) is 6.20. The van der Waals surface area contributed by atoms with Gasteiger partial charge in [0.15, 0.2) is 24.2 Å². The molecule has 2 unspecified atom stereocenters. The van der Waals surface area contributed by atoms with Crippen LogP contribution in [0.25, 0.3) is 0 Å². The summed E-state index contributed by atoms with van der Waals surface area (Å²) in [4.78, 5) is 29.7. The summed E-state index contributed by atoms with van der Waals surface area (Å²) in [5.74, 6) is 6.78. The number of rotatable bonds is 11. The molecule has 0 amide bonds. The van der Waals surface area contributed by atoms with Gasteiger partial charge in [0, 0.05) is 44.1 Å². The molecule has 0 radical (unpaired) electrons. The second-order valence-corrected chi connectivity index (χ2v) is 8.97. The van der Waals surface area contributed by atoms with Crippen LogP contribution < -0.4 is 4.74 Å². The number of fused-ring (bicyclic) bond motifs is 1. The molecule has 2 atom stereocenters. The number of hydrogen-bond donors (Lipinski definition) is 0. The third-order valence-electron chi connectivity index (χ3n) is 6.60. The van der Waals surface area contributed by atoms with Crippen molar-refractivity contribution < 1.29 is 33.0 Å². The first-order valence-corrected chi connectivity index (χ1v) is 12.4. The number of nitrogens with zero attached hydrogens (tertiary/aromatic N) is 1. The van der Waals surface area contributed by atoms with Gasteiger partial charge < -0.3 is 23.4 Å². The molecule has 38 heavy (non-hydrogen) atoms. The van der Waals surface area contributed by atoms with Gasteiger partial charge in [0.25, 0.3) is 0 Å². The molecule has 8 heteroatoms. The fourth-order valence-corrected chi connectivity index (χ4v) is 4.49. The van der Waals surface area contributed by atoms with E-state index in [2.05, 4.69) is 16.8 Å². The molecular weight excluding hydrogens is 486 g/mol. The number of Topliss-reactive ketones (excluding diaryl/α,β-unsaturated/α-hetero) is 1. The minimum atomic E-state index is -0.492. The van der Waals surface area contributed by atoms with Crippen molar-refractivity contribution in [2.45, 2.75) is 51.1 Å². The van der Waals surface area contributed by atoms with E-state index in [0.29, 0.717) is 37.0 Å². The van der Waals surface area contributed by atoms with E-state index in [0.717, 1.165) is 22.4 Å². The van der Waals surface area contributed by atoms with Gasteiger partial charge in [0.05, 0.1) is 19.9 Å². The van der Waals surface area contributed by atoms with Crippen LogP contribution >= 0.6 is 0 Å². The molecular formula is C30H31NO7. The third-order valence-corrected chi connectivity index (χ3v) is 6.60. The highest BCUT2D eigenvalue weighted by Crippen LogP contribution is 2.33. The molecule has 1 aromatic heterocycles. The molecule has 0 fully saturated rings. The van der Waals surface area contributed by atoms with Gasteiger partial charge in [-0.1, -0.05) is 36.1 Å². The Bertz CT molecular complexity index is 1320. The monoisotopic (exact) mass is 517 g/mol. The van der Waals surface area contributed by atoms with Crippen LogP contribution in [0.2, 0.25) is 0 Å². The number of ketones is 2. The molecule has 4 rings (SSSR count). The van der Waals surface area contributed by atoms with E-state index in [9.17, 15) is 9.59 Å². The van der Waals surface area contributed by atoms with Gasteiger partial charge in [-0.25, -0.2) is 4.98 Å². The summed E-state index contributed by atoms with van der Waals surface area (Å²) in [6.45, 7) is 2.27. The van der Waals surface area contributed by atoms with Crippen LogP contribution in [0.1, 0.15) is 68.8 Å². The number of benzene rings is 2. The minimum absolute atomic E-state index is 0.0362. The van der Waals surface area contributed by atoms with E-state index < -0.39 is 12.4 Å². The van der Waals surface area contributed by atoms with Crippen molar-refractivity contribution in [2.24, 2.45) is 0 Å². The second kappa shape index (κ2) is 12.7. The topological polar surface area (TPSA) is 97.1 Å². The average molecular weight is 518 g/mol. The smallest absolute Gasteiger partial charge is 0.230 e. The highest BCUT2D eigenvalue weighted by molar-refractivity contribution is 6.12. The van der Waals surface area contributed by atoms with Gasteiger partial charge in [0.1, 0.15) is 11.9 Å². The highest BCUT2D eigenvalue weighted by Gasteiger charge is 2.30. The van der Waals surface area contributed by atoms with Crippen LogP contribution in [0.5, 0.6) is 5.75 Å². The van der Waals surface area contributed by atoms with Gasteiger partial charge >= 0.3 is 0 Å². The normalized spacial score (nSPS) is 14.1. The number of oxazole rings is 1. The van der Waals surface area contributed by atoms with Crippen LogP contribution in [0.4, 0.5) is 0 Å². The predicted molar refractivity (Wildman–Crippen MR) is 139 cm³/mol. The molecule has 1 heterocycles. The number of ether oxygens (including phenoxy) is 4. The Labute approximate surface area is 222 Å². The molecule has 0 saturated carbocycles. The number of methoxy groups -OCH3 is 3. The first kappa shape index (κ1) is 27.3. The lowest BCUT2D eigenvalue weighted by atomic mass is 9.87. The van der Waals surface area contributed by atoms with E-state index in [-0.39, 0.29) is 23.2 Å². The standard InChI is InChI=1S/C30H31NO7/c1-19(5-8-22(15-28(35-3)36-4)37-17-20-6-9-21(34-2)10-7-20)23-11-12-24-25(13-14-26(24)32)29(23)30(33)27-16-31-18-38-27/h6-7,9-12,16,18-19,22,28H,13-15,17H2,1-4H3. The first-order chi connectivity index (χ1) is 18.4. The maximum absolute atomic E-state index is 13.4. The van der Waals surface area contributed by atoms with Crippen molar-refractivity contribution in [3.05, 3.63) is 82.6 Å². The lowest BCUT2D eigenvalue weighted by Crippen LogP contribution is -2.23. The van der Waals surface area contributed by atoms with E-state index in [1.165, 1.54) is 12.6 Å². The number of hydrogen-bond acceptors (Lipinski definition) is 8. The quantitative estimate of drug-likeness (QED) is 0.204. The molecule has 8 nitrogen and oxygen atoms in total. The molecule has 3 aromatic rings. The molecule has 1 aliphatic carbocycles. The number of carbonyl (C=O) groups is 2. The van der Waals surface area contributed by atoms with E-state index in [1.54, 1.807) is 27.4 Å². The summed E-state index contributed by atoms with van der Waals surface area (Å²) in [6.07, 6.45) is 2.91. The zero-order valence-corrected chi connectivity index (χ0v) is 22.0. The predicted octanol–water partition coefficient (Wildman–Crippen LogP) is 4.74. The summed E-state index contributed by atoms with van der Waals surface area (Å²) < 4.78 is 27.4. The Balaban J connectivity index is 1.61. The van der Waals surface area contributed by atoms with Crippen LogP contribution in [0.15, 0.2) is 53.4 Å². The van der Waals surface area contributed by atoms with Crippen molar-refractivity contribution in [3.63, 3.8) is 0 Å².